The van der Waals surface area contributed by atoms with E-state index in [4.69, 9.17) is 42.8 Å². The number of thiocarbonyl (C=S) groups is 1. The van der Waals surface area contributed by atoms with Gasteiger partial charge in [-0.1, -0.05) is 11.6 Å². The zero-order valence-corrected chi connectivity index (χ0v) is 15.9. The van der Waals surface area contributed by atoms with Crippen LogP contribution in [0.4, 0.5) is 11.4 Å². The Hall–Kier alpha value is -2.38. The number of anilines is 2. The standard InChI is InChI=1S/C17H19ClN2O4S/c1-21-10-5-6-14(22-2)12(7-10)19-17(25)20-13-9-15(23-3)11(18)8-16(13)24-4/h5-9H,1-4H3,(H2,19,20,25). The van der Waals surface area contributed by atoms with Gasteiger partial charge < -0.3 is 29.6 Å². The average Bonchev–Trinajstić information content (AvgIpc) is 2.62. The van der Waals surface area contributed by atoms with Crippen molar-refractivity contribution < 1.29 is 18.9 Å². The Morgan fingerprint density at radius 3 is 1.96 bits per heavy atom. The molecule has 134 valence electrons. The normalized spacial score (nSPS) is 9.96. The molecule has 0 aliphatic carbocycles. The van der Waals surface area contributed by atoms with E-state index >= 15 is 0 Å². The molecule has 0 aliphatic heterocycles. The predicted octanol–water partition coefficient (Wildman–Crippen LogP) is 4.18. The van der Waals surface area contributed by atoms with Crippen molar-refractivity contribution in [3.8, 4) is 23.0 Å². The smallest absolute Gasteiger partial charge is 0.175 e. The van der Waals surface area contributed by atoms with Gasteiger partial charge in [-0.05, 0) is 24.4 Å². The van der Waals surface area contributed by atoms with Crippen molar-refractivity contribution in [3.05, 3.63) is 35.4 Å². The van der Waals surface area contributed by atoms with Gasteiger partial charge in [0.1, 0.15) is 23.0 Å². The van der Waals surface area contributed by atoms with Crippen LogP contribution >= 0.6 is 23.8 Å². The number of benzene rings is 2. The van der Waals surface area contributed by atoms with E-state index in [1.807, 2.05) is 0 Å². The van der Waals surface area contributed by atoms with Crippen LogP contribution in [-0.2, 0) is 0 Å². The summed E-state index contributed by atoms with van der Waals surface area (Å²) in [7, 11) is 6.25. The fraction of sp³-hybridized carbons (Fsp3) is 0.235. The van der Waals surface area contributed by atoms with E-state index in [0.717, 1.165) is 0 Å². The van der Waals surface area contributed by atoms with E-state index in [2.05, 4.69) is 10.6 Å². The lowest BCUT2D eigenvalue weighted by molar-refractivity contribution is 0.404. The topological polar surface area (TPSA) is 61.0 Å². The molecule has 0 unspecified atom stereocenters. The third kappa shape index (κ3) is 4.58. The van der Waals surface area contributed by atoms with Crippen molar-refractivity contribution in [3.63, 3.8) is 0 Å². The van der Waals surface area contributed by atoms with Gasteiger partial charge in [0.25, 0.3) is 0 Å². The lowest BCUT2D eigenvalue weighted by atomic mass is 10.2. The Bertz CT molecular complexity index is 771. The van der Waals surface area contributed by atoms with Crippen LogP contribution in [0.5, 0.6) is 23.0 Å². The second-order valence-corrected chi connectivity index (χ2v) is 5.65. The molecule has 2 aromatic rings. The molecule has 8 heteroatoms. The molecule has 2 N–H and O–H groups in total. The quantitative estimate of drug-likeness (QED) is 0.726. The number of hydrogen-bond donors (Lipinski definition) is 2. The number of nitrogens with one attached hydrogen (secondary N) is 2. The second-order valence-electron chi connectivity index (χ2n) is 4.83. The van der Waals surface area contributed by atoms with Gasteiger partial charge >= 0.3 is 0 Å². The van der Waals surface area contributed by atoms with E-state index < -0.39 is 0 Å². The van der Waals surface area contributed by atoms with Crippen LogP contribution in [0.1, 0.15) is 0 Å². The van der Waals surface area contributed by atoms with Gasteiger partial charge in [-0.15, -0.1) is 0 Å². The number of ether oxygens (including phenoxy) is 4. The van der Waals surface area contributed by atoms with Crippen molar-refractivity contribution in [2.24, 2.45) is 0 Å². The first kappa shape index (κ1) is 19.0. The molecule has 0 atom stereocenters. The van der Waals surface area contributed by atoms with Crippen LogP contribution in [0.2, 0.25) is 5.02 Å². The lowest BCUT2D eigenvalue weighted by Crippen LogP contribution is -2.20. The van der Waals surface area contributed by atoms with Crippen molar-refractivity contribution in [2.45, 2.75) is 0 Å². The minimum atomic E-state index is 0.342. The predicted molar refractivity (Wildman–Crippen MR) is 104 cm³/mol. The van der Waals surface area contributed by atoms with Crippen molar-refractivity contribution in [2.75, 3.05) is 39.1 Å². The third-order valence-electron chi connectivity index (χ3n) is 3.38. The first-order valence-corrected chi connectivity index (χ1v) is 8.02. The summed E-state index contributed by atoms with van der Waals surface area (Å²) >= 11 is 11.5. The Morgan fingerprint density at radius 2 is 1.40 bits per heavy atom. The van der Waals surface area contributed by atoms with Crippen molar-refractivity contribution >= 4 is 40.3 Å². The molecular formula is C17H19ClN2O4S. The third-order valence-corrected chi connectivity index (χ3v) is 3.88. The lowest BCUT2D eigenvalue weighted by Gasteiger charge is -2.17. The first-order valence-electron chi connectivity index (χ1n) is 7.24. The number of rotatable bonds is 6. The highest BCUT2D eigenvalue weighted by Crippen LogP contribution is 2.36. The summed E-state index contributed by atoms with van der Waals surface area (Å²) in [6, 6.07) is 8.73. The highest BCUT2D eigenvalue weighted by Gasteiger charge is 2.12. The van der Waals surface area contributed by atoms with Gasteiger partial charge in [0.2, 0.25) is 0 Å². The molecule has 0 saturated heterocycles. The molecular weight excluding hydrogens is 364 g/mol. The van der Waals surface area contributed by atoms with E-state index in [1.165, 1.54) is 7.11 Å². The monoisotopic (exact) mass is 382 g/mol. The molecule has 0 aliphatic rings. The largest absolute Gasteiger partial charge is 0.497 e. The second kappa shape index (κ2) is 8.64. The molecule has 0 fully saturated rings. The summed E-state index contributed by atoms with van der Waals surface area (Å²) in [6.45, 7) is 0. The molecule has 2 aromatic carbocycles. The molecule has 0 aromatic heterocycles. The maximum Gasteiger partial charge on any atom is 0.175 e. The van der Waals surface area contributed by atoms with Gasteiger partial charge in [-0.2, -0.15) is 0 Å². The summed E-state index contributed by atoms with van der Waals surface area (Å²) in [4.78, 5) is 0. The van der Waals surface area contributed by atoms with Gasteiger partial charge in [-0.25, -0.2) is 0 Å². The fourth-order valence-electron chi connectivity index (χ4n) is 2.15. The van der Waals surface area contributed by atoms with Crippen molar-refractivity contribution in [1.29, 1.82) is 0 Å². The maximum atomic E-state index is 6.11. The molecule has 0 heterocycles. The number of hydrogen-bond acceptors (Lipinski definition) is 5. The van der Waals surface area contributed by atoms with Crippen LogP contribution in [0, 0.1) is 0 Å². The van der Waals surface area contributed by atoms with E-state index in [0.29, 0.717) is 44.5 Å². The van der Waals surface area contributed by atoms with Gasteiger partial charge in [0, 0.05) is 18.2 Å². The Kier molecular flexibility index (Phi) is 6.55. The van der Waals surface area contributed by atoms with E-state index in [1.54, 1.807) is 51.7 Å². The molecule has 6 nitrogen and oxygen atoms in total. The maximum absolute atomic E-state index is 6.11. The molecule has 0 radical (unpaired) electrons. The summed E-state index contributed by atoms with van der Waals surface area (Å²) in [5, 5.41) is 6.92. The highest BCUT2D eigenvalue weighted by molar-refractivity contribution is 7.80. The molecule has 25 heavy (non-hydrogen) atoms. The van der Waals surface area contributed by atoms with Crippen LogP contribution in [0.15, 0.2) is 30.3 Å². The van der Waals surface area contributed by atoms with Crippen LogP contribution < -0.4 is 29.6 Å². The SMILES string of the molecule is COc1ccc(OC)c(NC(=S)Nc2cc(OC)c(Cl)cc2OC)c1. The van der Waals surface area contributed by atoms with Crippen LogP contribution in [0.3, 0.4) is 0 Å². The average molecular weight is 383 g/mol. The van der Waals surface area contributed by atoms with E-state index in [-0.39, 0.29) is 0 Å². The zero-order chi connectivity index (χ0) is 18.4. The Balaban J connectivity index is 2.23. The van der Waals surface area contributed by atoms with Gasteiger partial charge in [0.15, 0.2) is 5.11 Å². The van der Waals surface area contributed by atoms with Crippen molar-refractivity contribution in [1.82, 2.24) is 0 Å². The first-order chi connectivity index (χ1) is 12.0. The van der Waals surface area contributed by atoms with Crippen LogP contribution in [-0.4, -0.2) is 33.6 Å². The molecule has 0 saturated carbocycles. The summed E-state index contributed by atoms with van der Waals surface area (Å²) in [5.41, 5.74) is 1.28. The molecule has 0 bridgehead atoms. The zero-order valence-electron chi connectivity index (χ0n) is 14.3. The molecule has 0 spiro atoms. The fourth-order valence-corrected chi connectivity index (χ4v) is 2.60. The summed E-state index contributed by atoms with van der Waals surface area (Å²) in [5.74, 6) is 2.35. The van der Waals surface area contributed by atoms with Gasteiger partial charge in [0.05, 0.1) is 44.8 Å². The molecule has 0 amide bonds. The minimum absolute atomic E-state index is 0.342. The Labute approximate surface area is 157 Å². The molecule has 2 rings (SSSR count). The van der Waals surface area contributed by atoms with Gasteiger partial charge in [-0.3, -0.25) is 0 Å². The Morgan fingerprint density at radius 1 is 0.800 bits per heavy atom. The summed E-state index contributed by atoms with van der Waals surface area (Å²) < 4.78 is 21.1. The number of halogens is 1. The highest BCUT2D eigenvalue weighted by atomic mass is 35.5. The van der Waals surface area contributed by atoms with E-state index in [9.17, 15) is 0 Å². The summed E-state index contributed by atoms with van der Waals surface area (Å²) in [6.07, 6.45) is 0. The van der Waals surface area contributed by atoms with Crippen LogP contribution in [0.25, 0.3) is 0 Å². The minimum Gasteiger partial charge on any atom is -0.497 e. The number of methoxy groups -OCH3 is 4.